The Hall–Kier alpha value is -1.67. The van der Waals surface area contributed by atoms with Crippen LogP contribution in [0.5, 0.6) is 0 Å². The zero-order chi connectivity index (χ0) is 26.5. The summed E-state index contributed by atoms with van der Waals surface area (Å²) in [5.74, 6) is -0.432. The minimum atomic E-state index is -4.65. The molecule has 9 nitrogen and oxygen atoms in total. The molecule has 14 heteroatoms. The van der Waals surface area contributed by atoms with Crippen LogP contribution in [0, 0.1) is 0 Å². The Kier molecular flexibility index (Phi) is 9.83. The van der Waals surface area contributed by atoms with Crippen LogP contribution in [-0.4, -0.2) is 91.0 Å². The smallest absolute Gasteiger partial charge is 0.370 e. The van der Waals surface area contributed by atoms with Crippen LogP contribution in [0.4, 0.5) is 13.2 Å². The first-order valence-electron chi connectivity index (χ1n) is 12.1. The van der Waals surface area contributed by atoms with E-state index in [0.29, 0.717) is 38.4 Å². The van der Waals surface area contributed by atoms with Gasteiger partial charge >= 0.3 is 6.18 Å². The lowest BCUT2D eigenvalue weighted by molar-refractivity contribution is -0.142. The number of aromatic nitrogens is 2. The van der Waals surface area contributed by atoms with Gasteiger partial charge in [-0.2, -0.15) is 18.3 Å². The van der Waals surface area contributed by atoms with Crippen LogP contribution < -0.4 is 5.43 Å². The molecule has 0 saturated carbocycles. The molecule has 0 atom stereocenters. The first-order valence-corrected chi connectivity index (χ1v) is 16.4. The number of nitrogens with zero attached hydrogens (tertiary/aromatic N) is 4. The van der Waals surface area contributed by atoms with Gasteiger partial charge in [0.15, 0.2) is 5.69 Å². The van der Waals surface area contributed by atoms with E-state index in [1.165, 1.54) is 0 Å². The molecule has 1 aromatic heterocycles. The number of rotatable bonds is 11. The maximum absolute atomic E-state index is 13.7. The van der Waals surface area contributed by atoms with Gasteiger partial charge in [-0.3, -0.25) is 15.0 Å². The third-order valence-electron chi connectivity index (χ3n) is 6.24. The third kappa shape index (κ3) is 7.67. The summed E-state index contributed by atoms with van der Waals surface area (Å²) in [5.41, 5.74) is 1.67. The van der Waals surface area contributed by atoms with E-state index in [4.69, 9.17) is 21.1 Å². The van der Waals surface area contributed by atoms with Crippen molar-refractivity contribution in [1.82, 2.24) is 25.1 Å². The predicted octanol–water partition coefficient (Wildman–Crippen LogP) is 2.96. The van der Waals surface area contributed by atoms with Gasteiger partial charge < -0.3 is 14.4 Å². The summed E-state index contributed by atoms with van der Waals surface area (Å²) >= 11 is 5.53. The van der Waals surface area contributed by atoms with Crippen LogP contribution in [0.1, 0.15) is 34.6 Å². The zero-order valence-corrected chi connectivity index (χ0v) is 22.8. The number of piperidine rings is 1. The molecule has 0 spiro atoms. The standard InChI is InChI=1S/C22H35ClF3N5O4Si/c1-36(2,3)13-12-35-15-31-19-17(20(28-31)22(24,25)26)6-10-30(21(19)33)16-4-8-29(9-5-16)27-18(32)14-34-11-7-23/h16H,4-15H2,1-3H3,(H,27,32). The number of amides is 2. The summed E-state index contributed by atoms with van der Waals surface area (Å²) in [5, 5.41) is 5.52. The van der Waals surface area contributed by atoms with Crippen LogP contribution in [0.15, 0.2) is 0 Å². The number of halogens is 4. The van der Waals surface area contributed by atoms with Crippen LogP contribution in [0.2, 0.25) is 25.7 Å². The van der Waals surface area contributed by atoms with Crippen molar-refractivity contribution in [2.24, 2.45) is 0 Å². The van der Waals surface area contributed by atoms with Crippen molar-refractivity contribution in [3.8, 4) is 0 Å². The number of hydrogen-bond acceptors (Lipinski definition) is 6. The SMILES string of the molecule is C[Si](C)(C)CCOCn1nc(C(F)(F)F)c2c1C(=O)N(C1CCN(NC(=O)COCCCl)CC1)CC2. The van der Waals surface area contributed by atoms with E-state index in [-0.39, 0.29) is 56.1 Å². The number of alkyl halides is 4. The Balaban J connectivity index is 1.65. The monoisotopic (exact) mass is 553 g/mol. The topological polar surface area (TPSA) is 88.9 Å². The van der Waals surface area contributed by atoms with E-state index in [1.807, 2.05) is 0 Å². The molecule has 204 valence electrons. The van der Waals surface area contributed by atoms with Gasteiger partial charge in [-0.25, -0.2) is 9.69 Å². The number of carbonyl (C=O) groups excluding carboxylic acids is 2. The number of carbonyl (C=O) groups is 2. The summed E-state index contributed by atoms with van der Waals surface area (Å²) in [6.07, 6.45) is -3.40. The second-order valence-electron chi connectivity index (χ2n) is 10.3. The summed E-state index contributed by atoms with van der Waals surface area (Å²) in [4.78, 5) is 27.0. The Labute approximate surface area is 215 Å². The van der Waals surface area contributed by atoms with Crippen LogP contribution in [0.25, 0.3) is 0 Å². The van der Waals surface area contributed by atoms with Crippen LogP contribution in [-0.2, 0) is 33.6 Å². The fourth-order valence-corrected chi connectivity index (χ4v) is 5.23. The van der Waals surface area contributed by atoms with Gasteiger partial charge in [0.25, 0.3) is 11.8 Å². The number of nitrogens with one attached hydrogen (secondary N) is 1. The van der Waals surface area contributed by atoms with E-state index >= 15 is 0 Å². The van der Waals surface area contributed by atoms with Crippen molar-refractivity contribution >= 4 is 31.5 Å². The van der Waals surface area contributed by atoms with Crippen LogP contribution >= 0.6 is 11.6 Å². The molecule has 3 rings (SSSR count). The fraction of sp³-hybridized carbons (Fsp3) is 0.773. The average Bonchev–Trinajstić information content (AvgIpc) is 3.17. The van der Waals surface area contributed by atoms with Gasteiger partial charge in [-0.05, 0) is 25.3 Å². The quantitative estimate of drug-likeness (QED) is 0.257. The first kappa shape index (κ1) is 28.9. The average molecular weight is 554 g/mol. The minimum Gasteiger partial charge on any atom is -0.370 e. The van der Waals surface area contributed by atoms with Gasteiger partial charge in [0.05, 0.1) is 6.61 Å². The molecule has 1 fully saturated rings. The molecule has 2 aliphatic rings. The van der Waals surface area contributed by atoms with Crippen molar-refractivity contribution in [1.29, 1.82) is 0 Å². The molecular weight excluding hydrogens is 519 g/mol. The zero-order valence-electron chi connectivity index (χ0n) is 21.0. The molecule has 1 saturated heterocycles. The Bertz CT molecular complexity index is 917. The number of ether oxygens (including phenoxy) is 2. The van der Waals surface area contributed by atoms with Gasteiger partial charge in [0.2, 0.25) is 0 Å². The van der Waals surface area contributed by atoms with E-state index in [9.17, 15) is 22.8 Å². The van der Waals surface area contributed by atoms with Crippen molar-refractivity contribution in [3.63, 3.8) is 0 Å². The van der Waals surface area contributed by atoms with E-state index < -0.39 is 25.9 Å². The highest BCUT2D eigenvalue weighted by atomic mass is 35.5. The normalized spacial score (nSPS) is 18.0. The molecular formula is C22H35ClF3N5O4Si. The number of fused-ring (bicyclic) bond motifs is 1. The Morgan fingerprint density at radius 3 is 2.47 bits per heavy atom. The van der Waals surface area contributed by atoms with Crippen LogP contribution in [0.3, 0.4) is 0 Å². The summed E-state index contributed by atoms with van der Waals surface area (Å²) in [6.45, 7) is 8.16. The highest BCUT2D eigenvalue weighted by Crippen LogP contribution is 2.36. The predicted molar refractivity (Wildman–Crippen MR) is 130 cm³/mol. The summed E-state index contributed by atoms with van der Waals surface area (Å²) in [7, 11) is -1.37. The third-order valence-corrected chi connectivity index (χ3v) is 8.10. The lowest BCUT2D eigenvalue weighted by Crippen LogP contribution is -2.54. The lowest BCUT2D eigenvalue weighted by Gasteiger charge is -2.40. The van der Waals surface area contributed by atoms with Crippen molar-refractivity contribution in [2.45, 2.75) is 63.9 Å². The van der Waals surface area contributed by atoms with E-state index in [0.717, 1.165) is 10.7 Å². The van der Waals surface area contributed by atoms with Gasteiger partial charge in [-0.1, -0.05) is 19.6 Å². The molecule has 0 unspecified atom stereocenters. The number of hydrazine groups is 1. The Morgan fingerprint density at radius 2 is 1.86 bits per heavy atom. The molecule has 3 heterocycles. The fourth-order valence-electron chi connectivity index (χ4n) is 4.36. The highest BCUT2D eigenvalue weighted by molar-refractivity contribution is 6.76. The molecule has 1 aromatic rings. The summed E-state index contributed by atoms with van der Waals surface area (Å²) in [6, 6.07) is 0.716. The van der Waals surface area contributed by atoms with Crippen molar-refractivity contribution < 1.29 is 32.2 Å². The number of hydrogen-bond donors (Lipinski definition) is 1. The van der Waals surface area contributed by atoms with Crippen molar-refractivity contribution in [2.75, 3.05) is 45.3 Å². The van der Waals surface area contributed by atoms with Crippen molar-refractivity contribution in [3.05, 3.63) is 17.0 Å². The van der Waals surface area contributed by atoms with E-state index in [1.54, 1.807) is 9.91 Å². The molecule has 0 aromatic carbocycles. The molecule has 0 bridgehead atoms. The van der Waals surface area contributed by atoms with Gasteiger partial charge in [0.1, 0.15) is 19.0 Å². The minimum absolute atomic E-state index is 0.0336. The van der Waals surface area contributed by atoms with Gasteiger partial charge in [0, 0.05) is 51.8 Å². The molecule has 36 heavy (non-hydrogen) atoms. The maximum atomic E-state index is 13.7. The second kappa shape index (κ2) is 12.2. The molecule has 0 radical (unpaired) electrons. The molecule has 2 amide bonds. The largest absolute Gasteiger partial charge is 0.435 e. The van der Waals surface area contributed by atoms with Gasteiger partial charge in [-0.15, -0.1) is 11.6 Å². The first-order chi connectivity index (χ1) is 16.9. The Morgan fingerprint density at radius 1 is 1.17 bits per heavy atom. The second-order valence-corrected chi connectivity index (χ2v) is 16.3. The molecule has 0 aliphatic carbocycles. The highest BCUT2D eigenvalue weighted by Gasteiger charge is 2.44. The molecule has 2 aliphatic heterocycles. The molecule has 1 N–H and O–H groups in total. The summed E-state index contributed by atoms with van der Waals surface area (Å²) < 4.78 is 52.8. The van der Waals surface area contributed by atoms with E-state index in [2.05, 4.69) is 30.2 Å². The lowest BCUT2D eigenvalue weighted by atomic mass is 9.97. The maximum Gasteiger partial charge on any atom is 0.435 e.